The largest absolute Gasteiger partial charge is 0.508 e. The van der Waals surface area contributed by atoms with Crippen LogP contribution in [0.3, 0.4) is 0 Å². The van der Waals surface area contributed by atoms with E-state index in [1.165, 1.54) is 0 Å². The molecule has 0 saturated carbocycles. The average molecular weight is 179 g/mol. The topological polar surface area (TPSA) is 46.2 Å². The van der Waals surface area contributed by atoms with E-state index in [-0.39, 0.29) is 5.41 Å². The normalized spacial score (nSPS) is 11.6. The number of hydrogen-bond acceptors (Lipinski definition) is 2. The molecule has 72 valence electrons. The van der Waals surface area contributed by atoms with E-state index in [9.17, 15) is 5.11 Å². The van der Waals surface area contributed by atoms with Gasteiger partial charge in [0.1, 0.15) is 5.75 Å². The van der Waals surface area contributed by atoms with Gasteiger partial charge < -0.3 is 10.8 Å². The van der Waals surface area contributed by atoms with Gasteiger partial charge in [0, 0.05) is 0 Å². The highest BCUT2D eigenvalue weighted by molar-refractivity contribution is 5.31. The molecule has 0 aliphatic rings. The van der Waals surface area contributed by atoms with Crippen LogP contribution in [0.2, 0.25) is 0 Å². The van der Waals surface area contributed by atoms with Gasteiger partial charge in [-0.25, -0.2) is 0 Å². The van der Waals surface area contributed by atoms with E-state index in [1.54, 1.807) is 12.1 Å². The summed E-state index contributed by atoms with van der Waals surface area (Å²) in [7, 11) is 0. The SMILES string of the molecule is CC(C)(CCN)c1cccc(O)c1. The average Bonchev–Trinajstić information content (AvgIpc) is 2.04. The maximum Gasteiger partial charge on any atom is 0.115 e. The molecule has 13 heavy (non-hydrogen) atoms. The Kier molecular flexibility index (Phi) is 2.94. The summed E-state index contributed by atoms with van der Waals surface area (Å²) in [5.74, 6) is 0.322. The molecular weight excluding hydrogens is 162 g/mol. The molecule has 3 N–H and O–H groups in total. The molecule has 0 bridgehead atoms. The van der Waals surface area contributed by atoms with Crippen LogP contribution >= 0.6 is 0 Å². The van der Waals surface area contributed by atoms with Gasteiger partial charge in [-0.15, -0.1) is 0 Å². The predicted octanol–water partition coefficient (Wildman–Crippen LogP) is 2.02. The van der Waals surface area contributed by atoms with Crippen LogP contribution < -0.4 is 5.73 Å². The molecule has 0 amide bonds. The third-order valence-corrected chi connectivity index (χ3v) is 2.40. The lowest BCUT2D eigenvalue weighted by atomic mass is 9.81. The van der Waals surface area contributed by atoms with Crippen LogP contribution in [-0.2, 0) is 5.41 Å². The molecule has 2 heteroatoms. The molecule has 1 aromatic carbocycles. The molecule has 0 fully saturated rings. The molecular formula is C11H17NO. The standard InChI is InChI=1S/C11H17NO/c1-11(2,6-7-12)9-4-3-5-10(13)8-9/h3-5,8,13H,6-7,12H2,1-2H3. The van der Waals surface area contributed by atoms with E-state index >= 15 is 0 Å². The van der Waals surface area contributed by atoms with Gasteiger partial charge in [0.2, 0.25) is 0 Å². The van der Waals surface area contributed by atoms with Crippen LogP contribution in [-0.4, -0.2) is 11.7 Å². The first-order chi connectivity index (χ1) is 6.06. The molecule has 0 saturated heterocycles. The van der Waals surface area contributed by atoms with Crippen LogP contribution in [0.15, 0.2) is 24.3 Å². The number of phenols is 1. The summed E-state index contributed by atoms with van der Waals surface area (Å²) in [5.41, 5.74) is 6.71. The first-order valence-electron chi connectivity index (χ1n) is 4.56. The van der Waals surface area contributed by atoms with Crippen molar-refractivity contribution in [3.05, 3.63) is 29.8 Å². The lowest BCUT2D eigenvalue weighted by Crippen LogP contribution is -2.21. The van der Waals surface area contributed by atoms with Gasteiger partial charge in [0.05, 0.1) is 0 Å². The monoisotopic (exact) mass is 179 g/mol. The van der Waals surface area contributed by atoms with Gasteiger partial charge in [0.15, 0.2) is 0 Å². The van der Waals surface area contributed by atoms with Gasteiger partial charge in [0.25, 0.3) is 0 Å². The van der Waals surface area contributed by atoms with Crippen molar-refractivity contribution in [2.75, 3.05) is 6.54 Å². The molecule has 0 aliphatic heterocycles. The highest BCUT2D eigenvalue weighted by Crippen LogP contribution is 2.28. The van der Waals surface area contributed by atoms with Crippen LogP contribution in [0.4, 0.5) is 0 Å². The second-order valence-electron chi connectivity index (χ2n) is 3.97. The zero-order valence-corrected chi connectivity index (χ0v) is 8.25. The lowest BCUT2D eigenvalue weighted by Gasteiger charge is -2.24. The predicted molar refractivity (Wildman–Crippen MR) is 54.8 cm³/mol. The van der Waals surface area contributed by atoms with Crippen LogP contribution in [0.5, 0.6) is 5.75 Å². The Morgan fingerprint density at radius 3 is 2.62 bits per heavy atom. The fourth-order valence-corrected chi connectivity index (χ4v) is 1.43. The minimum atomic E-state index is 0.0491. The summed E-state index contributed by atoms with van der Waals surface area (Å²) in [6.07, 6.45) is 0.927. The summed E-state index contributed by atoms with van der Waals surface area (Å²) in [6.45, 7) is 4.94. The van der Waals surface area contributed by atoms with E-state index < -0.39 is 0 Å². The molecule has 1 aromatic rings. The molecule has 0 radical (unpaired) electrons. The van der Waals surface area contributed by atoms with Gasteiger partial charge in [-0.3, -0.25) is 0 Å². The van der Waals surface area contributed by atoms with Crippen molar-refractivity contribution in [3.63, 3.8) is 0 Å². The number of rotatable bonds is 3. The Labute approximate surface area is 79.4 Å². The summed E-state index contributed by atoms with van der Waals surface area (Å²) in [4.78, 5) is 0. The van der Waals surface area contributed by atoms with Crippen molar-refractivity contribution in [1.29, 1.82) is 0 Å². The van der Waals surface area contributed by atoms with Crippen LogP contribution in [0, 0.1) is 0 Å². The summed E-state index contributed by atoms with van der Waals surface area (Å²) in [5, 5.41) is 9.31. The smallest absolute Gasteiger partial charge is 0.115 e. The van der Waals surface area contributed by atoms with Crippen molar-refractivity contribution in [3.8, 4) is 5.75 Å². The van der Waals surface area contributed by atoms with E-state index in [0.29, 0.717) is 12.3 Å². The van der Waals surface area contributed by atoms with Crippen LogP contribution in [0.1, 0.15) is 25.8 Å². The van der Waals surface area contributed by atoms with Gasteiger partial charge in [-0.2, -0.15) is 0 Å². The highest BCUT2D eigenvalue weighted by Gasteiger charge is 2.19. The van der Waals surface area contributed by atoms with Gasteiger partial charge in [-0.1, -0.05) is 26.0 Å². The van der Waals surface area contributed by atoms with Gasteiger partial charge in [-0.05, 0) is 36.1 Å². The first-order valence-corrected chi connectivity index (χ1v) is 4.56. The Morgan fingerprint density at radius 2 is 2.08 bits per heavy atom. The fraction of sp³-hybridized carbons (Fsp3) is 0.455. The number of hydrogen-bond donors (Lipinski definition) is 2. The van der Waals surface area contributed by atoms with Crippen molar-refractivity contribution in [2.24, 2.45) is 5.73 Å². The molecule has 0 aliphatic carbocycles. The maximum absolute atomic E-state index is 9.31. The number of aromatic hydroxyl groups is 1. The van der Waals surface area contributed by atoms with Crippen LogP contribution in [0.25, 0.3) is 0 Å². The zero-order chi connectivity index (χ0) is 9.90. The van der Waals surface area contributed by atoms with Crippen molar-refractivity contribution < 1.29 is 5.11 Å². The molecule has 0 atom stereocenters. The summed E-state index contributed by atoms with van der Waals surface area (Å²) >= 11 is 0. The second-order valence-corrected chi connectivity index (χ2v) is 3.97. The lowest BCUT2D eigenvalue weighted by molar-refractivity contribution is 0.460. The van der Waals surface area contributed by atoms with Crippen molar-refractivity contribution in [1.82, 2.24) is 0 Å². The second kappa shape index (κ2) is 3.79. The summed E-state index contributed by atoms with van der Waals surface area (Å²) in [6, 6.07) is 7.37. The molecule has 0 heterocycles. The fourth-order valence-electron chi connectivity index (χ4n) is 1.43. The number of phenolic OH excluding ortho intramolecular Hbond substituents is 1. The quantitative estimate of drug-likeness (QED) is 0.745. The first kappa shape index (κ1) is 10.1. The van der Waals surface area contributed by atoms with E-state index in [1.807, 2.05) is 12.1 Å². The molecule has 0 spiro atoms. The molecule has 0 aromatic heterocycles. The Morgan fingerprint density at radius 1 is 1.38 bits per heavy atom. The molecule has 0 unspecified atom stereocenters. The van der Waals surface area contributed by atoms with E-state index in [0.717, 1.165) is 12.0 Å². The third-order valence-electron chi connectivity index (χ3n) is 2.40. The number of nitrogens with two attached hydrogens (primary N) is 1. The minimum absolute atomic E-state index is 0.0491. The van der Waals surface area contributed by atoms with E-state index in [2.05, 4.69) is 13.8 Å². The van der Waals surface area contributed by atoms with E-state index in [4.69, 9.17) is 5.73 Å². The van der Waals surface area contributed by atoms with Crippen molar-refractivity contribution >= 4 is 0 Å². The minimum Gasteiger partial charge on any atom is -0.508 e. The van der Waals surface area contributed by atoms with Gasteiger partial charge >= 0.3 is 0 Å². The molecule has 2 nitrogen and oxygen atoms in total. The Hall–Kier alpha value is -1.02. The Balaban J connectivity index is 2.93. The molecule has 1 rings (SSSR count). The summed E-state index contributed by atoms with van der Waals surface area (Å²) < 4.78 is 0. The zero-order valence-electron chi connectivity index (χ0n) is 8.25. The maximum atomic E-state index is 9.31. The number of benzene rings is 1. The van der Waals surface area contributed by atoms with Crippen molar-refractivity contribution in [2.45, 2.75) is 25.7 Å². The third kappa shape index (κ3) is 2.46. The Bertz CT molecular complexity index is 281. The highest BCUT2D eigenvalue weighted by atomic mass is 16.3.